The van der Waals surface area contributed by atoms with Crippen LogP contribution in [0, 0.1) is 17.1 Å². The molecule has 1 aromatic rings. The molecule has 0 saturated carbocycles. The third-order valence-electron chi connectivity index (χ3n) is 3.51. The maximum Gasteiger partial charge on any atom is 0.125 e. The van der Waals surface area contributed by atoms with Crippen molar-refractivity contribution in [3.8, 4) is 6.07 Å². The summed E-state index contributed by atoms with van der Waals surface area (Å²) in [5, 5.41) is 12.6. The van der Waals surface area contributed by atoms with Crippen molar-refractivity contribution >= 4 is 5.69 Å². The van der Waals surface area contributed by atoms with Crippen molar-refractivity contribution in [1.29, 1.82) is 5.26 Å². The standard InChI is InChI=1S/C17H26FN3/c1-5-21(16-9-6-8-15(18)12-16)11-7-10-17(4,13-19)20-14(2)3/h6,8-9,12,14,20H,5,7,10-11H2,1-4H3. The fourth-order valence-electron chi connectivity index (χ4n) is 2.56. The van der Waals surface area contributed by atoms with Gasteiger partial charge in [-0.25, -0.2) is 4.39 Å². The Kier molecular flexibility index (Phi) is 6.64. The van der Waals surface area contributed by atoms with E-state index in [1.165, 1.54) is 6.07 Å². The van der Waals surface area contributed by atoms with E-state index in [9.17, 15) is 9.65 Å². The molecule has 1 unspecified atom stereocenters. The van der Waals surface area contributed by atoms with Crippen LogP contribution in [-0.4, -0.2) is 24.7 Å². The molecule has 1 aromatic carbocycles. The van der Waals surface area contributed by atoms with E-state index in [1.54, 1.807) is 12.1 Å². The summed E-state index contributed by atoms with van der Waals surface area (Å²) in [4.78, 5) is 2.14. The van der Waals surface area contributed by atoms with Crippen molar-refractivity contribution < 1.29 is 4.39 Å². The first kappa shape index (κ1) is 17.5. The molecule has 0 heterocycles. The molecule has 1 rings (SSSR count). The molecule has 0 aliphatic rings. The summed E-state index contributed by atoms with van der Waals surface area (Å²) in [5.74, 6) is -0.214. The van der Waals surface area contributed by atoms with Gasteiger partial charge in [0, 0.05) is 24.8 Å². The van der Waals surface area contributed by atoms with Crippen LogP contribution in [0.15, 0.2) is 24.3 Å². The van der Waals surface area contributed by atoms with E-state index in [1.807, 2.05) is 26.8 Å². The average molecular weight is 291 g/mol. The highest BCUT2D eigenvalue weighted by Crippen LogP contribution is 2.18. The van der Waals surface area contributed by atoms with Crippen molar-refractivity contribution in [2.24, 2.45) is 0 Å². The second-order valence-electron chi connectivity index (χ2n) is 5.91. The molecule has 4 heteroatoms. The molecule has 0 aromatic heterocycles. The summed E-state index contributed by atoms with van der Waals surface area (Å²) < 4.78 is 13.3. The first-order valence-electron chi connectivity index (χ1n) is 7.59. The monoisotopic (exact) mass is 291 g/mol. The molecular formula is C17H26FN3. The molecule has 21 heavy (non-hydrogen) atoms. The van der Waals surface area contributed by atoms with Crippen LogP contribution in [0.25, 0.3) is 0 Å². The van der Waals surface area contributed by atoms with Crippen LogP contribution in [0.2, 0.25) is 0 Å². The van der Waals surface area contributed by atoms with Gasteiger partial charge in [0.2, 0.25) is 0 Å². The fraction of sp³-hybridized carbons (Fsp3) is 0.588. The molecule has 0 spiro atoms. The summed E-state index contributed by atoms with van der Waals surface area (Å²) in [7, 11) is 0. The van der Waals surface area contributed by atoms with Gasteiger partial charge in [0.05, 0.1) is 6.07 Å². The van der Waals surface area contributed by atoms with E-state index < -0.39 is 5.54 Å². The van der Waals surface area contributed by atoms with Crippen molar-refractivity contribution in [3.05, 3.63) is 30.1 Å². The molecule has 0 radical (unpaired) electrons. The van der Waals surface area contributed by atoms with Gasteiger partial charge in [-0.2, -0.15) is 5.26 Å². The van der Waals surface area contributed by atoms with Gasteiger partial charge < -0.3 is 4.90 Å². The minimum Gasteiger partial charge on any atom is -0.372 e. The van der Waals surface area contributed by atoms with Gasteiger partial charge in [-0.3, -0.25) is 5.32 Å². The maximum atomic E-state index is 13.3. The molecule has 0 amide bonds. The van der Waals surface area contributed by atoms with Gasteiger partial charge >= 0.3 is 0 Å². The Morgan fingerprint density at radius 1 is 1.43 bits per heavy atom. The zero-order valence-electron chi connectivity index (χ0n) is 13.5. The van der Waals surface area contributed by atoms with E-state index in [0.29, 0.717) is 0 Å². The summed E-state index contributed by atoms with van der Waals surface area (Å²) in [6, 6.07) is 9.30. The van der Waals surface area contributed by atoms with Crippen LogP contribution in [-0.2, 0) is 0 Å². The fourth-order valence-corrected chi connectivity index (χ4v) is 2.56. The molecule has 1 atom stereocenters. The second kappa shape index (κ2) is 7.99. The lowest BCUT2D eigenvalue weighted by Gasteiger charge is -2.28. The molecule has 0 fully saturated rings. The molecule has 0 aliphatic carbocycles. The minimum atomic E-state index is -0.504. The lowest BCUT2D eigenvalue weighted by molar-refractivity contribution is 0.374. The van der Waals surface area contributed by atoms with E-state index in [-0.39, 0.29) is 11.9 Å². The number of hydrogen-bond acceptors (Lipinski definition) is 3. The number of nitriles is 1. The van der Waals surface area contributed by atoms with E-state index in [2.05, 4.69) is 23.2 Å². The lowest BCUT2D eigenvalue weighted by Crippen LogP contribution is -2.45. The Labute approximate surface area is 127 Å². The van der Waals surface area contributed by atoms with Crippen LogP contribution >= 0.6 is 0 Å². The van der Waals surface area contributed by atoms with Crippen LogP contribution in [0.4, 0.5) is 10.1 Å². The van der Waals surface area contributed by atoms with Crippen molar-refractivity contribution in [2.45, 2.75) is 52.1 Å². The predicted octanol–water partition coefficient (Wildman–Crippen LogP) is 3.71. The lowest BCUT2D eigenvalue weighted by atomic mass is 9.96. The quantitative estimate of drug-likeness (QED) is 0.793. The number of halogens is 1. The van der Waals surface area contributed by atoms with E-state index in [0.717, 1.165) is 31.6 Å². The van der Waals surface area contributed by atoms with Crippen molar-refractivity contribution in [3.63, 3.8) is 0 Å². The van der Waals surface area contributed by atoms with Crippen LogP contribution < -0.4 is 10.2 Å². The highest BCUT2D eigenvalue weighted by Gasteiger charge is 2.23. The van der Waals surface area contributed by atoms with E-state index >= 15 is 0 Å². The van der Waals surface area contributed by atoms with Crippen LogP contribution in [0.1, 0.15) is 40.5 Å². The SMILES string of the molecule is CCN(CCCC(C)(C#N)NC(C)C)c1cccc(F)c1. The number of anilines is 1. The number of nitrogens with one attached hydrogen (secondary N) is 1. The van der Waals surface area contributed by atoms with Gasteiger partial charge in [0.15, 0.2) is 0 Å². The number of benzene rings is 1. The molecule has 0 bridgehead atoms. The molecule has 3 nitrogen and oxygen atoms in total. The van der Waals surface area contributed by atoms with Gasteiger partial charge in [-0.15, -0.1) is 0 Å². The zero-order valence-corrected chi connectivity index (χ0v) is 13.5. The minimum absolute atomic E-state index is 0.214. The highest BCUT2D eigenvalue weighted by molar-refractivity contribution is 5.46. The Bertz CT molecular complexity index is 481. The van der Waals surface area contributed by atoms with Crippen molar-refractivity contribution in [1.82, 2.24) is 5.32 Å². The predicted molar refractivity (Wildman–Crippen MR) is 85.8 cm³/mol. The smallest absolute Gasteiger partial charge is 0.125 e. The third kappa shape index (κ3) is 5.73. The molecular weight excluding hydrogens is 265 g/mol. The van der Waals surface area contributed by atoms with Gasteiger partial charge in [0.1, 0.15) is 11.4 Å². The summed E-state index contributed by atoms with van der Waals surface area (Å²) in [6.07, 6.45) is 1.65. The summed E-state index contributed by atoms with van der Waals surface area (Å²) in [6.45, 7) is 9.72. The third-order valence-corrected chi connectivity index (χ3v) is 3.51. The Hall–Kier alpha value is -1.60. The Morgan fingerprint density at radius 3 is 2.67 bits per heavy atom. The zero-order chi connectivity index (χ0) is 15.9. The molecule has 0 saturated heterocycles. The summed E-state index contributed by atoms with van der Waals surface area (Å²) in [5.41, 5.74) is 0.392. The summed E-state index contributed by atoms with van der Waals surface area (Å²) >= 11 is 0. The van der Waals surface area contributed by atoms with Crippen LogP contribution in [0.5, 0.6) is 0 Å². The molecule has 0 aliphatic heterocycles. The average Bonchev–Trinajstić information content (AvgIpc) is 2.43. The maximum absolute atomic E-state index is 13.3. The number of rotatable bonds is 8. The van der Waals surface area contributed by atoms with Gasteiger partial charge in [-0.05, 0) is 58.7 Å². The topological polar surface area (TPSA) is 39.1 Å². The van der Waals surface area contributed by atoms with Gasteiger partial charge in [0.25, 0.3) is 0 Å². The second-order valence-corrected chi connectivity index (χ2v) is 5.91. The molecule has 1 N–H and O–H groups in total. The largest absolute Gasteiger partial charge is 0.372 e. The van der Waals surface area contributed by atoms with E-state index in [4.69, 9.17) is 0 Å². The highest BCUT2D eigenvalue weighted by atomic mass is 19.1. The number of hydrogen-bond donors (Lipinski definition) is 1. The first-order valence-corrected chi connectivity index (χ1v) is 7.59. The normalized spacial score (nSPS) is 13.8. The Morgan fingerprint density at radius 2 is 2.14 bits per heavy atom. The van der Waals surface area contributed by atoms with Crippen molar-refractivity contribution in [2.75, 3.05) is 18.0 Å². The molecule has 116 valence electrons. The first-order chi connectivity index (χ1) is 9.90. The van der Waals surface area contributed by atoms with Crippen LogP contribution in [0.3, 0.4) is 0 Å². The number of nitrogens with zero attached hydrogens (tertiary/aromatic N) is 2. The Balaban J connectivity index is 2.58. The van der Waals surface area contributed by atoms with Gasteiger partial charge in [-0.1, -0.05) is 6.07 Å².